The van der Waals surface area contributed by atoms with Crippen LogP contribution in [-0.2, 0) is 19.6 Å². The maximum absolute atomic E-state index is 11.6. The smallest absolute Gasteiger partial charge is 0.350 e. The first kappa shape index (κ1) is 13.2. The van der Waals surface area contributed by atoms with Crippen LogP contribution < -0.4 is 4.83 Å². The van der Waals surface area contributed by atoms with Crippen molar-refractivity contribution in [1.82, 2.24) is 4.83 Å². The van der Waals surface area contributed by atoms with E-state index in [-0.39, 0.29) is 4.90 Å². The number of esters is 1. The Morgan fingerprint density at radius 3 is 2.47 bits per heavy atom. The highest BCUT2D eigenvalue weighted by Crippen LogP contribution is 2.09. The van der Waals surface area contributed by atoms with E-state index in [0.717, 1.165) is 11.8 Å². The SMILES string of the molecule is COC(=O)C=NNS(=O)(=O)c1ccc(C)cc1. The molecular weight excluding hydrogens is 244 g/mol. The minimum Gasteiger partial charge on any atom is -0.465 e. The number of nitrogens with one attached hydrogen (secondary N) is 1. The van der Waals surface area contributed by atoms with E-state index in [1.807, 2.05) is 11.8 Å². The fraction of sp³-hybridized carbons (Fsp3) is 0.200. The highest BCUT2D eigenvalue weighted by atomic mass is 32.2. The van der Waals surface area contributed by atoms with Crippen LogP contribution in [0.25, 0.3) is 0 Å². The standard InChI is InChI=1S/C10H12N2O4S/c1-8-3-5-9(6-4-8)17(14,15)12-11-7-10(13)16-2/h3-7,12H,1-2H3. The minimum atomic E-state index is -3.74. The third-order valence-electron chi connectivity index (χ3n) is 1.88. The first-order valence-electron chi connectivity index (χ1n) is 4.65. The molecule has 1 aromatic rings. The fourth-order valence-corrected chi connectivity index (χ4v) is 1.76. The molecule has 17 heavy (non-hydrogen) atoms. The molecule has 1 rings (SSSR count). The quantitative estimate of drug-likeness (QED) is 0.481. The van der Waals surface area contributed by atoms with Crippen molar-refractivity contribution in [3.63, 3.8) is 0 Å². The molecule has 7 heteroatoms. The van der Waals surface area contributed by atoms with Gasteiger partial charge in [0.25, 0.3) is 10.0 Å². The largest absolute Gasteiger partial charge is 0.465 e. The number of aryl methyl sites for hydroxylation is 1. The molecule has 92 valence electrons. The van der Waals surface area contributed by atoms with Crippen molar-refractivity contribution in [3.8, 4) is 0 Å². The number of hydrogen-bond acceptors (Lipinski definition) is 5. The fourth-order valence-electron chi connectivity index (χ4n) is 0.971. The van der Waals surface area contributed by atoms with Gasteiger partial charge in [0, 0.05) is 0 Å². The molecule has 0 saturated heterocycles. The van der Waals surface area contributed by atoms with Gasteiger partial charge in [-0.1, -0.05) is 17.7 Å². The molecule has 1 N–H and O–H groups in total. The maximum atomic E-state index is 11.6. The third-order valence-corrected chi connectivity index (χ3v) is 3.11. The molecule has 1 aromatic carbocycles. The van der Waals surface area contributed by atoms with Crippen LogP contribution in [0.5, 0.6) is 0 Å². The Morgan fingerprint density at radius 1 is 1.35 bits per heavy atom. The van der Waals surface area contributed by atoms with Gasteiger partial charge >= 0.3 is 5.97 Å². The summed E-state index contributed by atoms with van der Waals surface area (Å²) in [5.41, 5.74) is 0.946. The normalized spacial score (nSPS) is 11.4. The molecule has 0 saturated carbocycles. The predicted molar refractivity (Wildman–Crippen MR) is 62.0 cm³/mol. The van der Waals surface area contributed by atoms with Crippen molar-refractivity contribution in [2.24, 2.45) is 5.10 Å². The van der Waals surface area contributed by atoms with Crippen LogP contribution >= 0.6 is 0 Å². The average molecular weight is 256 g/mol. The zero-order chi connectivity index (χ0) is 12.9. The number of carbonyl (C=O) groups excluding carboxylic acids is 1. The minimum absolute atomic E-state index is 0.0742. The zero-order valence-corrected chi connectivity index (χ0v) is 10.2. The van der Waals surface area contributed by atoms with E-state index < -0.39 is 16.0 Å². The van der Waals surface area contributed by atoms with Crippen molar-refractivity contribution >= 4 is 22.2 Å². The van der Waals surface area contributed by atoms with Crippen molar-refractivity contribution in [2.75, 3.05) is 7.11 Å². The lowest BCUT2D eigenvalue weighted by molar-refractivity contribution is -0.132. The Balaban J connectivity index is 2.79. The Bertz CT molecular complexity index is 520. The molecule has 0 spiro atoms. The van der Waals surface area contributed by atoms with Gasteiger partial charge in [0.2, 0.25) is 0 Å². The van der Waals surface area contributed by atoms with E-state index in [1.165, 1.54) is 19.2 Å². The van der Waals surface area contributed by atoms with Gasteiger partial charge in [-0.05, 0) is 19.1 Å². The molecule has 0 fully saturated rings. The van der Waals surface area contributed by atoms with Crippen molar-refractivity contribution in [1.29, 1.82) is 0 Å². The first-order valence-corrected chi connectivity index (χ1v) is 6.13. The lowest BCUT2D eigenvalue weighted by atomic mass is 10.2. The molecule has 0 heterocycles. The topological polar surface area (TPSA) is 84.8 Å². The van der Waals surface area contributed by atoms with Crippen molar-refractivity contribution in [2.45, 2.75) is 11.8 Å². The van der Waals surface area contributed by atoms with Crippen LogP contribution in [0, 0.1) is 6.92 Å². The molecule has 0 aromatic heterocycles. The van der Waals surface area contributed by atoms with Crippen LogP contribution in [0.1, 0.15) is 5.56 Å². The summed E-state index contributed by atoms with van der Waals surface area (Å²) in [5, 5.41) is 3.28. The van der Waals surface area contributed by atoms with Gasteiger partial charge in [0.1, 0.15) is 6.21 Å². The summed E-state index contributed by atoms with van der Waals surface area (Å²) in [6.45, 7) is 1.85. The second-order valence-corrected chi connectivity index (χ2v) is 4.85. The van der Waals surface area contributed by atoms with Gasteiger partial charge in [0.15, 0.2) is 0 Å². The number of hydrogen-bond donors (Lipinski definition) is 1. The molecule has 0 aliphatic heterocycles. The Kier molecular flexibility index (Phi) is 4.22. The lowest BCUT2D eigenvalue weighted by Crippen LogP contribution is -2.19. The Morgan fingerprint density at radius 2 is 1.94 bits per heavy atom. The summed E-state index contributed by atoms with van der Waals surface area (Å²) in [5.74, 6) is -0.739. The van der Waals surface area contributed by atoms with Crippen molar-refractivity contribution < 1.29 is 17.9 Å². The number of hydrazone groups is 1. The number of sulfonamides is 1. The summed E-state index contributed by atoms with van der Waals surface area (Å²) in [7, 11) is -2.57. The third kappa shape index (κ3) is 3.87. The monoisotopic (exact) mass is 256 g/mol. The van der Waals surface area contributed by atoms with Gasteiger partial charge in [0.05, 0.1) is 12.0 Å². The molecule has 0 aliphatic rings. The molecule has 0 amide bonds. The number of ether oxygens (including phenoxy) is 1. The Labute approximate surface area is 99.3 Å². The van der Waals surface area contributed by atoms with Crippen LogP contribution in [0.2, 0.25) is 0 Å². The van der Waals surface area contributed by atoms with E-state index in [0.29, 0.717) is 0 Å². The van der Waals surface area contributed by atoms with E-state index in [2.05, 4.69) is 9.84 Å². The van der Waals surface area contributed by atoms with E-state index >= 15 is 0 Å². The first-order chi connectivity index (χ1) is 7.95. The molecule has 0 radical (unpaired) electrons. The predicted octanol–water partition coefficient (Wildman–Crippen LogP) is 0.432. The van der Waals surface area contributed by atoms with Crippen molar-refractivity contribution in [3.05, 3.63) is 29.8 Å². The summed E-state index contributed by atoms with van der Waals surface area (Å²) in [4.78, 5) is 12.6. The second-order valence-electron chi connectivity index (χ2n) is 3.19. The summed E-state index contributed by atoms with van der Waals surface area (Å²) >= 11 is 0. The molecule has 0 bridgehead atoms. The summed E-state index contributed by atoms with van der Waals surface area (Å²) in [6.07, 6.45) is 0.742. The van der Waals surface area contributed by atoms with Crippen LogP contribution in [0.4, 0.5) is 0 Å². The van der Waals surface area contributed by atoms with Gasteiger partial charge in [-0.3, -0.25) is 0 Å². The molecular formula is C10H12N2O4S. The number of carbonyl (C=O) groups is 1. The molecule has 6 nitrogen and oxygen atoms in total. The van der Waals surface area contributed by atoms with Crippen LogP contribution in [-0.4, -0.2) is 27.7 Å². The molecule has 0 aliphatic carbocycles. The van der Waals surface area contributed by atoms with Gasteiger partial charge in [-0.15, -0.1) is 0 Å². The number of methoxy groups -OCH3 is 1. The average Bonchev–Trinajstić information content (AvgIpc) is 2.29. The number of benzene rings is 1. The Hall–Kier alpha value is -1.89. The highest BCUT2D eigenvalue weighted by Gasteiger charge is 2.11. The number of nitrogens with zero attached hydrogens (tertiary/aromatic N) is 1. The highest BCUT2D eigenvalue weighted by molar-refractivity contribution is 7.89. The van der Waals surface area contributed by atoms with E-state index in [9.17, 15) is 13.2 Å². The second kappa shape index (κ2) is 5.44. The van der Waals surface area contributed by atoms with E-state index in [1.54, 1.807) is 12.1 Å². The van der Waals surface area contributed by atoms with Gasteiger partial charge in [-0.25, -0.2) is 4.79 Å². The van der Waals surface area contributed by atoms with Crippen LogP contribution in [0.15, 0.2) is 34.3 Å². The summed E-state index contributed by atoms with van der Waals surface area (Å²) < 4.78 is 27.5. The van der Waals surface area contributed by atoms with Crippen LogP contribution in [0.3, 0.4) is 0 Å². The lowest BCUT2D eigenvalue weighted by Gasteiger charge is -2.02. The number of rotatable bonds is 4. The summed E-state index contributed by atoms with van der Waals surface area (Å²) in [6, 6.07) is 6.23. The maximum Gasteiger partial charge on any atom is 0.350 e. The van der Waals surface area contributed by atoms with E-state index in [4.69, 9.17) is 0 Å². The molecule has 0 atom stereocenters. The van der Waals surface area contributed by atoms with Gasteiger partial charge in [-0.2, -0.15) is 18.4 Å². The molecule has 0 unspecified atom stereocenters. The van der Waals surface area contributed by atoms with Gasteiger partial charge < -0.3 is 4.74 Å². The zero-order valence-electron chi connectivity index (χ0n) is 9.38.